The molecule has 0 aliphatic heterocycles. The monoisotopic (exact) mass is 237 g/mol. The molecule has 2 rings (SSSR count). The fourth-order valence-corrected chi connectivity index (χ4v) is 2.62. The second-order valence-electron chi connectivity index (χ2n) is 4.89. The summed E-state index contributed by atoms with van der Waals surface area (Å²) in [6, 6.07) is 0.533. The molecule has 1 aliphatic carbocycles. The molecule has 0 bridgehead atoms. The van der Waals surface area contributed by atoms with Gasteiger partial charge in [-0.25, -0.2) is 0 Å². The van der Waals surface area contributed by atoms with Gasteiger partial charge in [-0.15, -0.1) is 0 Å². The molecule has 1 N–H and O–H groups in total. The van der Waals surface area contributed by atoms with Crippen LogP contribution in [0.3, 0.4) is 0 Å². The Kier molecular flexibility index (Phi) is 4.57. The third-order valence-corrected chi connectivity index (χ3v) is 3.58. The number of aryl methyl sites for hydroxylation is 1. The summed E-state index contributed by atoms with van der Waals surface area (Å²) in [6.07, 6.45) is 10.5. The standard InChI is InChI=1S/C13H23N3O/c1-16-10-11(9-15-16)7-8-14-12-5-3-4-6-13(12)17-2/h9-10,12-14H,3-8H2,1-2H3. The van der Waals surface area contributed by atoms with Crippen molar-refractivity contribution in [3.05, 3.63) is 18.0 Å². The molecule has 1 aromatic rings. The molecule has 0 spiro atoms. The van der Waals surface area contributed by atoms with Gasteiger partial charge >= 0.3 is 0 Å². The first kappa shape index (κ1) is 12.6. The van der Waals surface area contributed by atoms with Gasteiger partial charge in [-0.05, 0) is 31.4 Å². The molecule has 96 valence electrons. The van der Waals surface area contributed by atoms with Crippen LogP contribution in [-0.4, -0.2) is 35.6 Å². The van der Waals surface area contributed by atoms with Crippen molar-refractivity contribution in [3.63, 3.8) is 0 Å². The molecule has 0 aromatic carbocycles. The molecule has 4 nitrogen and oxygen atoms in total. The van der Waals surface area contributed by atoms with E-state index in [1.807, 2.05) is 25.0 Å². The number of ether oxygens (including phenoxy) is 1. The van der Waals surface area contributed by atoms with Crippen molar-refractivity contribution in [2.75, 3.05) is 13.7 Å². The first-order valence-corrected chi connectivity index (χ1v) is 6.53. The highest BCUT2D eigenvalue weighted by atomic mass is 16.5. The molecular weight excluding hydrogens is 214 g/mol. The highest BCUT2D eigenvalue weighted by Crippen LogP contribution is 2.20. The molecule has 0 saturated heterocycles. The Bertz CT molecular complexity index is 337. The molecule has 0 amide bonds. The molecule has 2 unspecified atom stereocenters. The quantitative estimate of drug-likeness (QED) is 0.843. The van der Waals surface area contributed by atoms with E-state index in [1.165, 1.54) is 31.2 Å². The number of hydrogen-bond acceptors (Lipinski definition) is 3. The van der Waals surface area contributed by atoms with Gasteiger partial charge in [-0.2, -0.15) is 5.10 Å². The predicted molar refractivity (Wildman–Crippen MR) is 68.0 cm³/mol. The summed E-state index contributed by atoms with van der Waals surface area (Å²) in [5.41, 5.74) is 1.30. The topological polar surface area (TPSA) is 39.1 Å². The SMILES string of the molecule is COC1CCCCC1NCCc1cnn(C)c1. The molecule has 1 fully saturated rings. The van der Waals surface area contributed by atoms with E-state index >= 15 is 0 Å². The van der Waals surface area contributed by atoms with Gasteiger partial charge in [-0.3, -0.25) is 4.68 Å². The summed E-state index contributed by atoms with van der Waals surface area (Å²) in [7, 11) is 3.78. The van der Waals surface area contributed by atoms with Crippen molar-refractivity contribution in [1.29, 1.82) is 0 Å². The smallest absolute Gasteiger partial charge is 0.0724 e. The van der Waals surface area contributed by atoms with Gasteiger partial charge in [0.1, 0.15) is 0 Å². The van der Waals surface area contributed by atoms with Crippen LogP contribution < -0.4 is 5.32 Å². The molecule has 1 aliphatic rings. The van der Waals surface area contributed by atoms with Crippen LogP contribution in [0.25, 0.3) is 0 Å². The number of rotatable bonds is 5. The van der Waals surface area contributed by atoms with Crippen LogP contribution in [0.15, 0.2) is 12.4 Å². The van der Waals surface area contributed by atoms with Crippen molar-refractivity contribution < 1.29 is 4.74 Å². The lowest BCUT2D eigenvalue weighted by molar-refractivity contribution is 0.0421. The summed E-state index contributed by atoms with van der Waals surface area (Å²) in [5, 5.41) is 7.80. The van der Waals surface area contributed by atoms with Crippen LogP contribution >= 0.6 is 0 Å². The van der Waals surface area contributed by atoms with Gasteiger partial charge in [0.15, 0.2) is 0 Å². The lowest BCUT2D eigenvalue weighted by Crippen LogP contribution is -2.43. The molecule has 2 atom stereocenters. The Balaban J connectivity index is 1.73. The average molecular weight is 237 g/mol. The molecule has 0 radical (unpaired) electrons. The van der Waals surface area contributed by atoms with E-state index in [4.69, 9.17) is 4.74 Å². The van der Waals surface area contributed by atoms with Crippen molar-refractivity contribution in [2.24, 2.45) is 7.05 Å². The zero-order valence-electron chi connectivity index (χ0n) is 10.9. The molecule has 4 heteroatoms. The minimum atomic E-state index is 0.401. The molecular formula is C13H23N3O. The lowest BCUT2D eigenvalue weighted by atomic mass is 9.92. The summed E-state index contributed by atoms with van der Waals surface area (Å²) >= 11 is 0. The lowest BCUT2D eigenvalue weighted by Gasteiger charge is -2.31. The maximum atomic E-state index is 5.53. The summed E-state index contributed by atoms with van der Waals surface area (Å²) in [5.74, 6) is 0. The van der Waals surface area contributed by atoms with Crippen LogP contribution in [0.5, 0.6) is 0 Å². The van der Waals surface area contributed by atoms with E-state index in [9.17, 15) is 0 Å². The zero-order chi connectivity index (χ0) is 12.1. The molecule has 17 heavy (non-hydrogen) atoms. The maximum Gasteiger partial charge on any atom is 0.0724 e. The van der Waals surface area contributed by atoms with Crippen LogP contribution in [0.1, 0.15) is 31.2 Å². The number of hydrogen-bond donors (Lipinski definition) is 1. The first-order chi connectivity index (χ1) is 8.29. The summed E-state index contributed by atoms with van der Waals surface area (Å²) in [4.78, 5) is 0. The van der Waals surface area contributed by atoms with Crippen LogP contribution in [-0.2, 0) is 18.2 Å². The van der Waals surface area contributed by atoms with Gasteiger partial charge in [0.2, 0.25) is 0 Å². The van der Waals surface area contributed by atoms with Crippen LogP contribution in [0.4, 0.5) is 0 Å². The Labute approximate surface area is 103 Å². The molecule has 1 aromatic heterocycles. The first-order valence-electron chi connectivity index (χ1n) is 6.53. The third-order valence-electron chi connectivity index (χ3n) is 3.58. The second kappa shape index (κ2) is 6.17. The fourth-order valence-electron chi connectivity index (χ4n) is 2.62. The fraction of sp³-hybridized carbons (Fsp3) is 0.769. The highest BCUT2D eigenvalue weighted by Gasteiger charge is 2.23. The number of nitrogens with one attached hydrogen (secondary N) is 1. The Morgan fingerprint density at radius 3 is 3.00 bits per heavy atom. The van der Waals surface area contributed by atoms with Gasteiger partial charge in [-0.1, -0.05) is 12.8 Å². The number of aromatic nitrogens is 2. The van der Waals surface area contributed by atoms with Crippen LogP contribution in [0.2, 0.25) is 0 Å². The van der Waals surface area contributed by atoms with E-state index in [2.05, 4.69) is 16.6 Å². The van der Waals surface area contributed by atoms with Crippen LogP contribution in [0, 0.1) is 0 Å². The van der Waals surface area contributed by atoms with E-state index in [0.717, 1.165) is 13.0 Å². The highest BCUT2D eigenvalue weighted by molar-refractivity contribution is 5.04. The van der Waals surface area contributed by atoms with E-state index < -0.39 is 0 Å². The minimum absolute atomic E-state index is 0.401. The van der Waals surface area contributed by atoms with E-state index in [0.29, 0.717) is 12.1 Å². The zero-order valence-corrected chi connectivity index (χ0v) is 10.9. The number of methoxy groups -OCH3 is 1. The van der Waals surface area contributed by atoms with E-state index in [-0.39, 0.29) is 0 Å². The predicted octanol–water partition coefficient (Wildman–Crippen LogP) is 1.51. The average Bonchev–Trinajstić information content (AvgIpc) is 2.76. The number of nitrogens with zero attached hydrogens (tertiary/aromatic N) is 2. The Morgan fingerprint density at radius 1 is 1.47 bits per heavy atom. The van der Waals surface area contributed by atoms with Crippen molar-refractivity contribution in [2.45, 2.75) is 44.2 Å². The van der Waals surface area contributed by atoms with Gasteiger partial charge in [0, 0.05) is 26.4 Å². The Hall–Kier alpha value is -0.870. The van der Waals surface area contributed by atoms with Gasteiger partial charge in [0.25, 0.3) is 0 Å². The Morgan fingerprint density at radius 2 is 2.29 bits per heavy atom. The third kappa shape index (κ3) is 3.54. The molecule has 1 saturated carbocycles. The molecule has 1 heterocycles. The normalized spacial score (nSPS) is 25.1. The minimum Gasteiger partial charge on any atom is -0.380 e. The van der Waals surface area contributed by atoms with E-state index in [1.54, 1.807) is 0 Å². The second-order valence-corrected chi connectivity index (χ2v) is 4.89. The van der Waals surface area contributed by atoms with Crippen molar-refractivity contribution in [1.82, 2.24) is 15.1 Å². The van der Waals surface area contributed by atoms with Gasteiger partial charge < -0.3 is 10.1 Å². The maximum absolute atomic E-state index is 5.53. The largest absolute Gasteiger partial charge is 0.380 e. The summed E-state index contributed by atoms with van der Waals surface area (Å²) in [6.45, 7) is 1.01. The van der Waals surface area contributed by atoms with Crippen molar-refractivity contribution >= 4 is 0 Å². The van der Waals surface area contributed by atoms with Gasteiger partial charge in [0.05, 0.1) is 12.3 Å². The van der Waals surface area contributed by atoms with Crippen molar-refractivity contribution in [3.8, 4) is 0 Å². The summed E-state index contributed by atoms with van der Waals surface area (Å²) < 4.78 is 7.39.